The monoisotopic (exact) mass is 317 g/mol. The Morgan fingerprint density at radius 2 is 1.91 bits per heavy atom. The predicted octanol–water partition coefficient (Wildman–Crippen LogP) is 3.90. The van der Waals surface area contributed by atoms with Gasteiger partial charge in [-0.05, 0) is 30.7 Å². The number of hydrogen-bond donors (Lipinski definition) is 1. The van der Waals surface area contributed by atoms with E-state index >= 15 is 0 Å². The summed E-state index contributed by atoms with van der Waals surface area (Å²) in [5.41, 5.74) is 1.72. The summed E-state index contributed by atoms with van der Waals surface area (Å²) in [5.74, 6) is 0.170. The van der Waals surface area contributed by atoms with Crippen molar-refractivity contribution in [1.29, 1.82) is 0 Å². The maximum absolute atomic E-state index is 13.4. The normalized spacial score (nSPS) is 10.3. The van der Waals surface area contributed by atoms with Crippen LogP contribution in [0, 0.1) is 5.82 Å². The zero-order valence-electron chi connectivity index (χ0n) is 12.1. The van der Waals surface area contributed by atoms with Crippen molar-refractivity contribution in [1.82, 2.24) is 0 Å². The van der Waals surface area contributed by atoms with Gasteiger partial charge in [0, 0.05) is 17.0 Å². The summed E-state index contributed by atoms with van der Waals surface area (Å²) in [4.78, 5) is 23.1. The maximum Gasteiger partial charge on any atom is 0.234 e. The first kappa shape index (κ1) is 16.2. The van der Waals surface area contributed by atoms with E-state index in [1.807, 2.05) is 0 Å². The van der Waals surface area contributed by atoms with Crippen LogP contribution in [0.4, 0.5) is 10.1 Å². The lowest BCUT2D eigenvalue weighted by Gasteiger charge is -2.07. The smallest absolute Gasteiger partial charge is 0.234 e. The minimum Gasteiger partial charge on any atom is -0.325 e. The molecular formula is C17H16FNO2S. The van der Waals surface area contributed by atoms with E-state index in [0.717, 1.165) is 0 Å². The second-order valence-electron chi connectivity index (χ2n) is 4.77. The number of hydrogen-bond acceptors (Lipinski definition) is 3. The van der Waals surface area contributed by atoms with Gasteiger partial charge in [-0.1, -0.05) is 30.3 Å². The van der Waals surface area contributed by atoms with E-state index in [-0.39, 0.29) is 23.3 Å². The molecule has 2 rings (SSSR count). The minimum atomic E-state index is -0.260. The standard InChI is InChI=1S/C17H16FNO2S/c1-12(20)13-6-4-7-15(9-13)19-17(21)11-22-10-14-5-2-3-8-16(14)18/h2-9H,10-11H2,1H3,(H,19,21). The SMILES string of the molecule is CC(=O)c1cccc(NC(=O)CSCc2ccccc2F)c1. The van der Waals surface area contributed by atoms with Crippen LogP contribution < -0.4 is 5.32 Å². The summed E-state index contributed by atoms with van der Waals surface area (Å²) in [6.07, 6.45) is 0. The third-order valence-electron chi connectivity index (χ3n) is 3.00. The number of carbonyl (C=O) groups is 2. The second-order valence-corrected chi connectivity index (χ2v) is 5.75. The van der Waals surface area contributed by atoms with Gasteiger partial charge in [0.1, 0.15) is 5.82 Å². The molecule has 0 fully saturated rings. The molecule has 0 saturated heterocycles. The van der Waals surface area contributed by atoms with Crippen LogP contribution in [0.25, 0.3) is 0 Å². The van der Waals surface area contributed by atoms with E-state index in [4.69, 9.17) is 0 Å². The highest BCUT2D eigenvalue weighted by Gasteiger charge is 2.06. The third-order valence-corrected chi connectivity index (χ3v) is 3.98. The van der Waals surface area contributed by atoms with Crippen LogP contribution in [-0.2, 0) is 10.5 Å². The highest BCUT2D eigenvalue weighted by Crippen LogP contribution is 2.16. The largest absolute Gasteiger partial charge is 0.325 e. The highest BCUT2D eigenvalue weighted by molar-refractivity contribution is 7.99. The van der Waals surface area contributed by atoms with Crippen molar-refractivity contribution in [3.8, 4) is 0 Å². The van der Waals surface area contributed by atoms with Crippen molar-refractivity contribution in [2.45, 2.75) is 12.7 Å². The number of carbonyl (C=O) groups excluding carboxylic acids is 2. The summed E-state index contributed by atoms with van der Waals surface area (Å²) in [7, 11) is 0. The zero-order valence-corrected chi connectivity index (χ0v) is 13.0. The molecule has 0 aliphatic carbocycles. The van der Waals surface area contributed by atoms with E-state index in [9.17, 15) is 14.0 Å². The minimum absolute atomic E-state index is 0.0509. The molecule has 5 heteroatoms. The lowest BCUT2D eigenvalue weighted by Crippen LogP contribution is -2.14. The van der Waals surface area contributed by atoms with Gasteiger partial charge in [-0.25, -0.2) is 4.39 Å². The van der Waals surface area contributed by atoms with Crippen LogP contribution in [0.15, 0.2) is 48.5 Å². The summed E-state index contributed by atoms with van der Waals surface area (Å²) < 4.78 is 13.4. The van der Waals surface area contributed by atoms with Crippen molar-refractivity contribution in [3.63, 3.8) is 0 Å². The Balaban J connectivity index is 1.84. The number of ketones is 1. The van der Waals surface area contributed by atoms with Gasteiger partial charge in [0.15, 0.2) is 5.78 Å². The molecule has 114 valence electrons. The molecule has 0 aliphatic rings. The molecule has 2 aromatic rings. The van der Waals surface area contributed by atoms with E-state index in [1.54, 1.807) is 42.5 Å². The molecule has 22 heavy (non-hydrogen) atoms. The Bertz CT molecular complexity index is 688. The average molecular weight is 317 g/mol. The quantitative estimate of drug-likeness (QED) is 0.822. The predicted molar refractivity (Wildman–Crippen MR) is 87.6 cm³/mol. The molecule has 0 bridgehead atoms. The van der Waals surface area contributed by atoms with E-state index < -0.39 is 0 Å². The first-order valence-electron chi connectivity index (χ1n) is 6.78. The fourth-order valence-electron chi connectivity index (χ4n) is 1.88. The van der Waals surface area contributed by atoms with E-state index in [1.165, 1.54) is 24.8 Å². The van der Waals surface area contributed by atoms with E-state index in [2.05, 4.69) is 5.32 Å². The Labute approximate surface area is 132 Å². The molecule has 0 unspecified atom stereocenters. The van der Waals surface area contributed by atoms with Crippen LogP contribution in [0.3, 0.4) is 0 Å². The van der Waals surface area contributed by atoms with Gasteiger partial charge in [0.25, 0.3) is 0 Å². The number of rotatable bonds is 6. The summed E-state index contributed by atoms with van der Waals surface area (Å²) in [6, 6.07) is 13.3. The van der Waals surface area contributed by atoms with Crippen LogP contribution >= 0.6 is 11.8 Å². The number of anilines is 1. The van der Waals surface area contributed by atoms with E-state index in [0.29, 0.717) is 22.6 Å². The number of halogens is 1. The van der Waals surface area contributed by atoms with Crippen LogP contribution in [0.1, 0.15) is 22.8 Å². The van der Waals surface area contributed by atoms with Gasteiger partial charge in [0.2, 0.25) is 5.91 Å². The third kappa shape index (κ3) is 4.70. The van der Waals surface area contributed by atoms with Crippen molar-refractivity contribution in [3.05, 3.63) is 65.5 Å². The van der Waals surface area contributed by atoms with Gasteiger partial charge in [-0.15, -0.1) is 11.8 Å². The first-order valence-corrected chi connectivity index (χ1v) is 7.94. The molecule has 0 aromatic heterocycles. The Hall–Kier alpha value is -2.14. The highest BCUT2D eigenvalue weighted by atomic mass is 32.2. The lowest BCUT2D eigenvalue weighted by molar-refractivity contribution is -0.113. The molecule has 0 spiro atoms. The number of amides is 1. The van der Waals surface area contributed by atoms with Crippen molar-refractivity contribution >= 4 is 29.1 Å². The Morgan fingerprint density at radius 3 is 2.64 bits per heavy atom. The van der Waals surface area contributed by atoms with Crippen molar-refractivity contribution in [2.24, 2.45) is 0 Å². The first-order chi connectivity index (χ1) is 10.6. The maximum atomic E-state index is 13.4. The summed E-state index contributed by atoms with van der Waals surface area (Å²) in [6.45, 7) is 1.48. The van der Waals surface area contributed by atoms with Crippen molar-refractivity contribution in [2.75, 3.05) is 11.1 Å². The molecule has 0 aliphatic heterocycles. The van der Waals surface area contributed by atoms with Gasteiger partial charge < -0.3 is 5.32 Å². The molecular weight excluding hydrogens is 301 g/mol. The number of Topliss-reactive ketones (excluding diaryl/α,β-unsaturated/α-hetero) is 1. The molecule has 0 atom stereocenters. The number of nitrogens with one attached hydrogen (secondary N) is 1. The Morgan fingerprint density at radius 1 is 1.14 bits per heavy atom. The summed E-state index contributed by atoms with van der Waals surface area (Å²) in [5, 5.41) is 2.73. The van der Waals surface area contributed by atoms with Crippen LogP contribution in [0.5, 0.6) is 0 Å². The lowest BCUT2D eigenvalue weighted by atomic mass is 10.1. The molecule has 2 aromatic carbocycles. The van der Waals surface area contributed by atoms with Gasteiger partial charge in [-0.2, -0.15) is 0 Å². The zero-order chi connectivity index (χ0) is 15.9. The molecule has 0 heterocycles. The van der Waals surface area contributed by atoms with Gasteiger partial charge in [0.05, 0.1) is 5.75 Å². The Kier molecular flexibility index (Phi) is 5.72. The number of benzene rings is 2. The van der Waals surface area contributed by atoms with Gasteiger partial charge >= 0.3 is 0 Å². The fourth-order valence-corrected chi connectivity index (χ4v) is 2.70. The second kappa shape index (κ2) is 7.75. The average Bonchev–Trinajstić information content (AvgIpc) is 2.49. The van der Waals surface area contributed by atoms with Crippen molar-refractivity contribution < 1.29 is 14.0 Å². The molecule has 3 nitrogen and oxygen atoms in total. The topological polar surface area (TPSA) is 46.2 Å². The molecule has 1 N–H and O–H groups in total. The van der Waals surface area contributed by atoms with Crippen LogP contribution in [-0.4, -0.2) is 17.4 Å². The molecule has 0 radical (unpaired) electrons. The fraction of sp³-hybridized carbons (Fsp3) is 0.176. The molecule has 0 saturated carbocycles. The number of thioether (sulfide) groups is 1. The van der Waals surface area contributed by atoms with Crippen LogP contribution in [0.2, 0.25) is 0 Å². The summed E-state index contributed by atoms with van der Waals surface area (Å²) >= 11 is 1.34. The van der Waals surface area contributed by atoms with Gasteiger partial charge in [-0.3, -0.25) is 9.59 Å². The molecule has 1 amide bonds.